The second-order valence-corrected chi connectivity index (χ2v) is 9.12. The van der Waals surface area contributed by atoms with E-state index >= 15 is 0 Å². The van der Waals surface area contributed by atoms with Crippen LogP contribution in [0.5, 0.6) is 0 Å². The number of benzene rings is 2. The van der Waals surface area contributed by atoms with Crippen molar-refractivity contribution < 1.29 is 8.42 Å². The average molecular weight is 410 g/mol. The van der Waals surface area contributed by atoms with Gasteiger partial charge in [0, 0.05) is 17.4 Å². The van der Waals surface area contributed by atoms with Crippen LogP contribution in [0.15, 0.2) is 64.5 Å². The number of nitrogens with zero attached hydrogens (tertiary/aromatic N) is 3. The zero-order chi connectivity index (χ0) is 20.6. The molecule has 0 radical (unpaired) electrons. The molecule has 2 aromatic heterocycles. The maximum Gasteiger partial charge on any atom is 0.227 e. The lowest BCUT2D eigenvalue weighted by Gasteiger charge is -2.14. The van der Waals surface area contributed by atoms with Gasteiger partial charge in [0.05, 0.1) is 4.90 Å². The minimum absolute atomic E-state index is 0.105. The smallest absolute Gasteiger partial charge is 0.227 e. The van der Waals surface area contributed by atoms with Crippen molar-refractivity contribution in [2.45, 2.75) is 22.9 Å². The summed E-state index contributed by atoms with van der Waals surface area (Å²) in [5.74, 6) is 0. The molecular formula is C21H23N5O2S. The van der Waals surface area contributed by atoms with Crippen LogP contribution < -0.4 is 5.49 Å². The number of nitrogens with one attached hydrogen (secondary N) is 2. The van der Waals surface area contributed by atoms with Gasteiger partial charge in [-0.25, -0.2) is 13.4 Å². The van der Waals surface area contributed by atoms with Gasteiger partial charge in [-0.15, -0.1) is 0 Å². The molecule has 7 nitrogen and oxygen atoms in total. The molecule has 0 saturated carbocycles. The molecule has 0 aliphatic heterocycles. The SMILES string of the molecule is CN(C)CCCn1c(=N)c(S(=O)(=O)c2ccccc2)nc2c3ccccc3[nH]c21. The third-order valence-electron chi connectivity index (χ3n) is 4.91. The third kappa shape index (κ3) is 3.45. The van der Waals surface area contributed by atoms with Gasteiger partial charge in [-0.1, -0.05) is 36.4 Å². The van der Waals surface area contributed by atoms with Crippen LogP contribution in [0, 0.1) is 5.41 Å². The van der Waals surface area contributed by atoms with E-state index in [0.29, 0.717) is 17.7 Å². The highest BCUT2D eigenvalue weighted by Gasteiger charge is 2.25. The van der Waals surface area contributed by atoms with Gasteiger partial charge in [0.25, 0.3) is 0 Å². The predicted molar refractivity (Wildman–Crippen MR) is 113 cm³/mol. The van der Waals surface area contributed by atoms with E-state index < -0.39 is 9.84 Å². The first-order chi connectivity index (χ1) is 13.9. The van der Waals surface area contributed by atoms with Crippen LogP contribution in [0.25, 0.3) is 22.1 Å². The second kappa shape index (κ2) is 7.46. The Balaban J connectivity index is 1.99. The molecule has 0 atom stereocenters. The minimum Gasteiger partial charge on any atom is -0.339 e. The molecule has 29 heavy (non-hydrogen) atoms. The highest BCUT2D eigenvalue weighted by molar-refractivity contribution is 7.91. The summed E-state index contributed by atoms with van der Waals surface area (Å²) in [4.78, 5) is 10.00. The lowest BCUT2D eigenvalue weighted by molar-refractivity contribution is 0.384. The predicted octanol–water partition coefficient (Wildman–Crippen LogP) is 2.78. The van der Waals surface area contributed by atoms with E-state index in [1.54, 1.807) is 22.8 Å². The molecular weight excluding hydrogens is 386 g/mol. The Morgan fingerprint density at radius 3 is 2.48 bits per heavy atom. The summed E-state index contributed by atoms with van der Waals surface area (Å²) in [6, 6.07) is 15.8. The van der Waals surface area contributed by atoms with E-state index in [9.17, 15) is 8.42 Å². The number of hydrogen-bond donors (Lipinski definition) is 2. The van der Waals surface area contributed by atoms with Crippen molar-refractivity contribution in [1.82, 2.24) is 19.4 Å². The zero-order valence-corrected chi connectivity index (χ0v) is 17.2. The fourth-order valence-corrected chi connectivity index (χ4v) is 4.79. The number of aromatic amines is 1. The summed E-state index contributed by atoms with van der Waals surface area (Å²) in [6.45, 7) is 1.34. The molecule has 0 amide bonds. The molecule has 0 unspecified atom stereocenters. The number of aryl methyl sites for hydroxylation is 1. The highest BCUT2D eigenvalue weighted by atomic mass is 32.2. The standard InChI is InChI=1S/C21H23N5O2S/c1-25(2)13-8-14-26-19(22)21(29(27,28)15-9-4-3-5-10-15)24-18-16-11-6-7-12-17(16)23-20(18)26/h3-7,9-12,22-23H,8,13-14H2,1-2H3. The van der Waals surface area contributed by atoms with Gasteiger partial charge >= 0.3 is 0 Å². The van der Waals surface area contributed by atoms with E-state index in [1.807, 2.05) is 38.4 Å². The number of hydrogen-bond acceptors (Lipinski definition) is 5. The fourth-order valence-electron chi connectivity index (χ4n) is 3.47. The van der Waals surface area contributed by atoms with Crippen molar-refractivity contribution in [3.63, 3.8) is 0 Å². The Bertz CT molecular complexity index is 1340. The van der Waals surface area contributed by atoms with Crippen molar-refractivity contribution in [3.05, 3.63) is 60.1 Å². The van der Waals surface area contributed by atoms with Crippen LogP contribution in [0.2, 0.25) is 0 Å². The largest absolute Gasteiger partial charge is 0.339 e. The summed E-state index contributed by atoms with van der Waals surface area (Å²) in [7, 11) is 0.0622. The Morgan fingerprint density at radius 2 is 1.76 bits per heavy atom. The van der Waals surface area contributed by atoms with Crippen LogP contribution in [-0.4, -0.2) is 48.5 Å². The molecule has 4 aromatic rings. The molecule has 150 valence electrons. The topological polar surface area (TPSA) is 94.8 Å². The Kier molecular flexibility index (Phi) is 4.97. The summed E-state index contributed by atoms with van der Waals surface area (Å²) in [5, 5.41) is 9.30. The molecule has 2 N–H and O–H groups in total. The molecule has 0 fully saturated rings. The molecule has 0 aliphatic carbocycles. The Labute approximate surface area is 169 Å². The summed E-state index contributed by atoms with van der Waals surface area (Å²) in [5.41, 5.74) is 2.00. The number of H-pyrrole nitrogens is 1. The summed E-state index contributed by atoms with van der Waals surface area (Å²) < 4.78 is 28.3. The monoisotopic (exact) mass is 409 g/mol. The quantitative estimate of drug-likeness (QED) is 0.512. The summed E-state index contributed by atoms with van der Waals surface area (Å²) >= 11 is 0. The number of fused-ring (bicyclic) bond motifs is 3. The van der Waals surface area contributed by atoms with Crippen molar-refractivity contribution in [3.8, 4) is 0 Å². The number of sulfone groups is 1. The molecule has 0 saturated heterocycles. The number of para-hydroxylation sites is 1. The van der Waals surface area contributed by atoms with Crippen LogP contribution >= 0.6 is 0 Å². The number of rotatable bonds is 6. The van der Waals surface area contributed by atoms with Crippen molar-refractivity contribution in [1.29, 1.82) is 5.41 Å². The van der Waals surface area contributed by atoms with Gasteiger partial charge in [-0.3, -0.25) is 5.41 Å². The van der Waals surface area contributed by atoms with Crippen LogP contribution in [0.3, 0.4) is 0 Å². The molecule has 2 aromatic carbocycles. The number of aromatic nitrogens is 3. The van der Waals surface area contributed by atoms with E-state index in [4.69, 9.17) is 5.41 Å². The lowest BCUT2D eigenvalue weighted by atomic mass is 10.2. The third-order valence-corrected chi connectivity index (χ3v) is 6.60. The van der Waals surface area contributed by atoms with Gasteiger partial charge in [0.1, 0.15) is 11.2 Å². The van der Waals surface area contributed by atoms with E-state index in [-0.39, 0.29) is 15.4 Å². The van der Waals surface area contributed by atoms with Crippen LogP contribution in [0.4, 0.5) is 0 Å². The molecule has 0 bridgehead atoms. The fraction of sp³-hybridized carbons (Fsp3) is 0.238. The first-order valence-electron chi connectivity index (χ1n) is 9.40. The molecule has 0 aliphatic rings. The maximum absolute atomic E-state index is 13.3. The lowest BCUT2D eigenvalue weighted by Crippen LogP contribution is -2.29. The average Bonchev–Trinajstić information content (AvgIpc) is 3.08. The minimum atomic E-state index is -3.92. The van der Waals surface area contributed by atoms with E-state index in [0.717, 1.165) is 23.9 Å². The maximum atomic E-state index is 13.3. The first kappa shape index (κ1) is 19.4. The van der Waals surface area contributed by atoms with Gasteiger partial charge in [0.2, 0.25) is 14.9 Å². The normalized spacial score (nSPS) is 12.2. The Hall–Kier alpha value is -2.97. The molecule has 8 heteroatoms. The van der Waals surface area contributed by atoms with E-state index in [1.165, 1.54) is 12.1 Å². The van der Waals surface area contributed by atoms with Gasteiger partial charge in [-0.2, -0.15) is 0 Å². The van der Waals surface area contributed by atoms with Crippen molar-refractivity contribution >= 4 is 31.9 Å². The highest BCUT2D eigenvalue weighted by Crippen LogP contribution is 2.25. The molecule has 2 heterocycles. The van der Waals surface area contributed by atoms with Gasteiger partial charge in [0.15, 0.2) is 5.49 Å². The van der Waals surface area contributed by atoms with Gasteiger partial charge in [-0.05, 0) is 45.3 Å². The Morgan fingerprint density at radius 1 is 1.07 bits per heavy atom. The van der Waals surface area contributed by atoms with Crippen LogP contribution in [-0.2, 0) is 16.4 Å². The van der Waals surface area contributed by atoms with Crippen molar-refractivity contribution in [2.75, 3.05) is 20.6 Å². The van der Waals surface area contributed by atoms with Gasteiger partial charge < -0.3 is 14.5 Å². The van der Waals surface area contributed by atoms with Crippen molar-refractivity contribution in [2.24, 2.45) is 0 Å². The molecule has 0 spiro atoms. The van der Waals surface area contributed by atoms with E-state index in [2.05, 4.69) is 14.9 Å². The zero-order valence-electron chi connectivity index (χ0n) is 16.4. The van der Waals surface area contributed by atoms with Crippen LogP contribution in [0.1, 0.15) is 6.42 Å². The molecule has 4 rings (SSSR count). The first-order valence-corrected chi connectivity index (χ1v) is 10.9. The second-order valence-electron chi connectivity index (χ2n) is 7.26. The summed E-state index contributed by atoms with van der Waals surface area (Å²) in [6.07, 6.45) is 0.781.